The van der Waals surface area contributed by atoms with Gasteiger partial charge >= 0.3 is 5.97 Å². The van der Waals surface area contributed by atoms with Gasteiger partial charge < -0.3 is 10.8 Å². The summed E-state index contributed by atoms with van der Waals surface area (Å²) in [4.78, 5) is 10.5. The van der Waals surface area contributed by atoms with E-state index in [2.05, 4.69) is 0 Å². The molecule has 0 amide bonds. The van der Waals surface area contributed by atoms with Gasteiger partial charge in [-0.1, -0.05) is 6.07 Å². The predicted molar refractivity (Wildman–Crippen MR) is 66.1 cm³/mol. The number of sulfonamides is 1. The Labute approximate surface area is 113 Å². The number of carboxylic acids is 1. The maximum absolute atomic E-state index is 13.1. The van der Waals surface area contributed by atoms with E-state index in [1.165, 1.54) is 6.07 Å². The van der Waals surface area contributed by atoms with Crippen molar-refractivity contribution >= 4 is 21.7 Å². The van der Waals surface area contributed by atoms with Gasteiger partial charge in [0.15, 0.2) is 0 Å². The SMILES string of the molecule is Nc1c(C(=O)O)cccc1S(=O)(=O)N1CCC(F)(F)C1. The smallest absolute Gasteiger partial charge is 0.337 e. The number of rotatable bonds is 3. The second-order valence-corrected chi connectivity index (χ2v) is 6.37. The highest BCUT2D eigenvalue weighted by atomic mass is 32.2. The van der Waals surface area contributed by atoms with Crippen molar-refractivity contribution in [3.8, 4) is 0 Å². The summed E-state index contributed by atoms with van der Waals surface area (Å²) in [5.74, 6) is -4.46. The van der Waals surface area contributed by atoms with Crippen LogP contribution in [-0.2, 0) is 10.0 Å². The number of hydrogen-bond donors (Lipinski definition) is 2. The third-order valence-corrected chi connectivity index (χ3v) is 4.95. The van der Waals surface area contributed by atoms with Crippen LogP contribution in [0.5, 0.6) is 0 Å². The van der Waals surface area contributed by atoms with Crippen LogP contribution in [0.1, 0.15) is 16.8 Å². The third kappa shape index (κ3) is 2.46. The Bertz CT molecular complexity index is 660. The van der Waals surface area contributed by atoms with E-state index in [-0.39, 0.29) is 12.1 Å². The number of carbonyl (C=O) groups is 1. The Morgan fingerprint density at radius 1 is 1.40 bits per heavy atom. The fourth-order valence-electron chi connectivity index (χ4n) is 2.00. The summed E-state index contributed by atoms with van der Waals surface area (Å²) < 4.78 is 51.3. The van der Waals surface area contributed by atoms with Gasteiger partial charge in [-0.15, -0.1) is 0 Å². The summed E-state index contributed by atoms with van der Waals surface area (Å²) in [6, 6.07) is 3.46. The molecule has 1 fully saturated rings. The molecule has 0 bridgehead atoms. The van der Waals surface area contributed by atoms with E-state index in [1.54, 1.807) is 0 Å². The van der Waals surface area contributed by atoms with Crippen molar-refractivity contribution in [2.75, 3.05) is 18.8 Å². The number of nitrogens with two attached hydrogens (primary N) is 1. The number of nitrogen functional groups attached to an aromatic ring is 1. The number of aromatic carboxylic acids is 1. The van der Waals surface area contributed by atoms with Crippen molar-refractivity contribution < 1.29 is 27.1 Å². The van der Waals surface area contributed by atoms with Crippen LogP contribution in [-0.4, -0.2) is 42.8 Å². The number of benzene rings is 1. The Balaban J connectivity index is 2.46. The second kappa shape index (κ2) is 4.67. The van der Waals surface area contributed by atoms with Crippen LogP contribution in [0.15, 0.2) is 23.1 Å². The topological polar surface area (TPSA) is 101 Å². The van der Waals surface area contributed by atoms with Crippen molar-refractivity contribution in [2.45, 2.75) is 17.2 Å². The third-order valence-electron chi connectivity index (χ3n) is 3.05. The first kappa shape index (κ1) is 14.7. The minimum atomic E-state index is -4.23. The molecule has 0 atom stereocenters. The van der Waals surface area contributed by atoms with Gasteiger partial charge in [-0.3, -0.25) is 0 Å². The Hall–Kier alpha value is -1.74. The Morgan fingerprint density at radius 2 is 2.05 bits per heavy atom. The molecule has 2 rings (SSSR count). The van der Waals surface area contributed by atoms with Crippen LogP contribution < -0.4 is 5.73 Å². The molecule has 0 spiro atoms. The molecule has 3 N–H and O–H groups in total. The number of anilines is 1. The number of nitrogens with zero attached hydrogens (tertiary/aromatic N) is 1. The van der Waals surface area contributed by atoms with Gasteiger partial charge in [-0.2, -0.15) is 4.31 Å². The summed E-state index contributed by atoms with van der Waals surface area (Å²) in [5.41, 5.74) is 4.70. The molecule has 20 heavy (non-hydrogen) atoms. The van der Waals surface area contributed by atoms with Gasteiger partial charge in [-0.25, -0.2) is 22.0 Å². The van der Waals surface area contributed by atoms with E-state index in [0.717, 1.165) is 12.1 Å². The molecule has 1 aliphatic rings. The van der Waals surface area contributed by atoms with Crippen molar-refractivity contribution in [3.63, 3.8) is 0 Å². The maximum Gasteiger partial charge on any atom is 0.337 e. The lowest BCUT2D eigenvalue weighted by atomic mass is 10.2. The Morgan fingerprint density at radius 3 is 2.55 bits per heavy atom. The number of carboxylic acid groups (broad SMARTS) is 1. The van der Waals surface area contributed by atoms with Gasteiger partial charge in [0.2, 0.25) is 10.0 Å². The molecule has 0 radical (unpaired) electrons. The van der Waals surface area contributed by atoms with Gasteiger partial charge in [0, 0.05) is 13.0 Å². The lowest BCUT2D eigenvalue weighted by Crippen LogP contribution is -2.32. The molecule has 0 saturated carbocycles. The highest BCUT2D eigenvalue weighted by molar-refractivity contribution is 7.89. The molecule has 0 aromatic heterocycles. The van der Waals surface area contributed by atoms with Crippen molar-refractivity contribution in [1.82, 2.24) is 4.31 Å². The standard InChI is InChI=1S/C11H12F2N2O4S/c12-11(13)4-5-15(6-11)20(18,19)8-3-1-2-7(9(8)14)10(16)17/h1-3H,4-6,14H2,(H,16,17). The van der Waals surface area contributed by atoms with Gasteiger partial charge in [0.1, 0.15) is 4.90 Å². The highest BCUT2D eigenvalue weighted by Gasteiger charge is 2.44. The van der Waals surface area contributed by atoms with Crippen molar-refractivity contribution in [1.29, 1.82) is 0 Å². The molecular formula is C11H12F2N2O4S. The van der Waals surface area contributed by atoms with E-state index in [1.807, 2.05) is 0 Å². The minimum Gasteiger partial charge on any atom is -0.478 e. The quantitative estimate of drug-likeness (QED) is 0.811. The second-order valence-electron chi connectivity index (χ2n) is 4.47. The summed E-state index contributed by atoms with van der Waals surface area (Å²) >= 11 is 0. The summed E-state index contributed by atoms with van der Waals surface area (Å²) in [7, 11) is -4.23. The minimum absolute atomic E-state index is 0.327. The number of hydrogen-bond acceptors (Lipinski definition) is 4. The molecule has 0 unspecified atom stereocenters. The molecule has 110 valence electrons. The van der Waals surface area contributed by atoms with E-state index in [0.29, 0.717) is 4.31 Å². The lowest BCUT2D eigenvalue weighted by molar-refractivity contribution is 0.0183. The first-order valence-corrected chi connectivity index (χ1v) is 7.09. The Kier molecular flexibility index (Phi) is 3.42. The normalized spacial score (nSPS) is 19.1. The van der Waals surface area contributed by atoms with E-state index >= 15 is 0 Å². The molecule has 1 aromatic carbocycles. The average Bonchev–Trinajstić information content (AvgIpc) is 2.70. The average molecular weight is 306 g/mol. The van der Waals surface area contributed by atoms with Crippen LogP contribution in [0.4, 0.5) is 14.5 Å². The maximum atomic E-state index is 13.1. The van der Waals surface area contributed by atoms with Crippen LogP contribution in [0, 0.1) is 0 Å². The van der Waals surface area contributed by atoms with E-state index < -0.39 is 45.5 Å². The lowest BCUT2D eigenvalue weighted by Gasteiger charge is -2.18. The number of halogens is 2. The highest BCUT2D eigenvalue weighted by Crippen LogP contribution is 2.33. The molecule has 0 aliphatic carbocycles. The van der Waals surface area contributed by atoms with Gasteiger partial charge in [0.05, 0.1) is 17.8 Å². The first-order valence-electron chi connectivity index (χ1n) is 5.65. The molecule has 9 heteroatoms. The predicted octanol–water partition coefficient (Wildman–Crippen LogP) is 0.997. The summed E-state index contributed by atoms with van der Waals surface area (Å²) in [6.45, 7) is -1.25. The van der Waals surface area contributed by atoms with Crippen molar-refractivity contribution in [2.24, 2.45) is 0 Å². The zero-order chi connectivity index (χ0) is 15.1. The molecule has 6 nitrogen and oxygen atoms in total. The molecule has 1 aromatic rings. The van der Waals surface area contributed by atoms with Crippen LogP contribution >= 0.6 is 0 Å². The van der Waals surface area contributed by atoms with Gasteiger partial charge in [-0.05, 0) is 12.1 Å². The molecule has 1 heterocycles. The number of para-hydroxylation sites is 1. The van der Waals surface area contributed by atoms with Crippen LogP contribution in [0.3, 0.4) is 0 Å². The molecular weight excluding hydrogens is 294 g/mol. The summed E-state index contributed by atoms with van der Waals surface area (Å²) in [6.07, 6.45) is -0.565. The fourth-order valence-corrected chi connectivity index (χ4v) is 3.61. The molecule has 1 saturated heterocycles. The van der Waals surface area contributed by atoms with E-state index in [9.17, 15) is 22.0 Å². The summed E-state index contributed by atoms with van der Waals surface area (Å²) in [5, 5.41) is 8.90. The van der Waals surface area contributed by atoms with Crippen molar-refractivity contribution in [3.05, 3.63) is 23.8 Å². The largest absolute Gasteiger partial charge is 0.478 e. The fraction of sp³-hybridized carbons (Fsp3) is 0.364. The van der Waals surface area contributed by atoms with E-state index in [4.69, 9.17) is 10.8 Å². The zero-order valence-corrected chi connectivity index (χ0v) is 11.0. The monoisotopic (exact) mass is 306 g/mol. The number of alkyl halides is 2. The first-order chi connectivity index (χ1) is 9.15. The van der Waals surface area contributed by atoms with Crippen LogP contribution in [0.2, 0.25) is 0 Å². The molecule has 1 aliphatic heterocycles. The zero-order valence-electron chi connectivity index (χ0n) is 10.2. The van der Waals surface area contributed by atoms with Crippen LogP contribution in [0.25, 0.3) is 0 Å². The van der Waals surface area contributed by atoms with Gasteiger partial charge in [0.25, 0.3) is 5.92 Å².